The van der Waals surface area contributed by atoms with Gasteiger partial charge in [0.1, 0.15) is 5.15 Å². The summed E-state index contributed by atoms with van der Waals surface area (Å²) in [5.74, 6) is -1.44. The third-order valence-corrected chi connectivity index (χ3v) is 3.62. The summed E-state index contributed by atoms with van der Waals surface area (Å²) in [5, 5.41) is 0.421. The van der Waals surface area contributed by atoms with E-state index in [9.17, 15) is 8.78 Å². The Balaban J connectivity index is 2.10. The first kappa shape index (κ1) is 12.5. The third-order valence-electron chi connectivity index (χ3n) is 3.31. The first-order chi connectivity index (χ1) is 9.15. The molecule has 0 spiro atoms. The second-order valence-corrected chi connectivity index (χ2v) is 4.96. The molecule has 1 aromatic carbocycles. The Morgan fingerprint density at radius 3 is 2.58 bits per heavy atom. The van der Waals surface area contributed by atoms with Crippen molar-refractivity contribution in [2.45, 2.75) is 25.7 Å². The minimum Gasteiger partial charge on any atom is -0.233 e. The molecule has 0 N–H and O–H groups in total. The van der Waals surface area contributed by atoms with Gasteiger partial charge in [-0.25, -0.2) is 18.7 Å². The van der Waals surface area contributed by atoms with Gasteiger partial charge in [-0.3, -0.25) is 0 Å². The molecule has 0 aliphatic heterocycles. The van der Waals surface area contributed by atoms with Gasteiger partial charge in [0.15, 0.2) is 17.5 Å². The summed E-state index contributed by atoms with van der Waals surface area (Å²) in [6.45, 7) is 0. The highest BCUT2D eigenvalue weighted by Gasteiger charge is 2.17. The topological polar surface area (TPSA) is 25.8 Å². The molecule has 1 aliphatic rings. The fraction of sp³-hybridized carbons (Fsp3) is 0.286. The van der Waals surface area contributed by atoms with Crippen LogP contribution in [0.4, 0.5) is 8.78 Å². The van der Waals surface area contributed by atoms with Crippen LogP contribution >= 0.6 is 11.6 Å². The van der Waals surface area contributed by atoms with E-state index in [1.54, 1.807) is 0 Å². The normalized spacial score (nSPS) is 14.3. The molecular weight excluding hydrogens is 270 g/mol. The standard InChI is InChI=1S/C14H11ClF2N2/c15-13-9-3-1-2-4-12(9)18-14(19-13)8-5-6-10(16)11(17)7-8/h5-7H,1-4H2. The highest BCUT2D eigenvalue weighted by molar-refractivity contribution is 6.30. The zero-order chi connectivity index (χ0) is 13.4. The second-order valence-electron chi connectivity index (χ2n) is 4.60. The molecule has 0 bridgehead atoms. The van der Waals surface area contributed by atoms with E-state index in [0.29, 0.717) is 16.5 Å². The van der Waals surface area contributed by atoms with Gasteiger partial charge in [-0.1, -0.05) is 11.6 Å². The lowest BCUT2D eigenvalue weighted by atomic mass is 9.97. The lowest BCUT2D eigenvalue weighted by Crippen LogP contribution is -2.09. The lowest BCUT2D eigenvalue weighted by Gasteiger charge is -2.16. The summed E-state index contributed by atoms with van der Waals surface area (Å²) < 4.78 is 26.2. The van der Waals surface area contributed by atoms with Crippen molar-refractivity contribution in [2.75, 3.05) is 0 Å². The predicted octanol–water partition coefficient (Wildman–Crippen LogP) is 3.95. The van der Waals surface area contributed by atoms with Crippen LogP contribution < -0.4 is 0 Å². The molecule has 0 saturated heterocycles. The van der Waals surface area contributed by atoms with Crippen LogP contribution in [-0.4, -0.2) is 9.97 Å². The Bertz CT molecular complexity index is 644. The molecule has 0 saturated carbocycles. The van der Waals surface area contributed by atoms with E-state index < -0.39 is 11.6 Å². The quantitative estimate of drug-likeness (QED) is 0.739. The highest BCUT2D eigenvalue weighted by atomic mass is 35.5. The monoisotopic (exact) mass is 280 g/mol. The number of halogens is 3. The van der Waals surface area contributed by atoms with Crippen molar-refractivity contribution < 1.29 is 8.78 Å². The number of hydrogen-bond donors (Lipinski definition) is 0. The van der Waals surface area contributed by atoms with Crippen molar-refractivity contribution in [1.29, 1.82) is 0 Å². The van der Waals surface area contributed by atoms with E-state index in [0.717, 1.165) is 49.1 Å². The van der Waals surface area contributed by atoms with Gasteiger partial charge < -0.3 is 0 Å². The third kappa shape index (κ3) is 2.32. The van der Waals surface area contributed by atoms with E-state index in [1.807, 2.05) is 0 Å². The maximum atomic E-state index is 13.2. The number of hydrogen-bond acceptors (Lipinski definition) is 2. The molecule has 1 aromatic heterocycles. The number of nitrogens with zero attached hydrogens (tertiary/aromatic N) is 2. The summed E-state index contributed by atoms with van der Waals surface area (Å²) in [6.07, 6.45) is 3.89. The van der Waals surface area contributed by atoms with E-state index in [4.69, 9.17) is 11.6 Å². The molecule has 0 amide bonds. The fourth-order valence-electron chi connectivity index (χ4n) is 2.31. The summed E-state index contributed by atoms with van der Waals surface area (Å²) in [4.78, 5) is 8.62. The van der Waals surface area contributed by atoms with Gasteiger partial charge in [-0.15, -0.1) is 0 Å². The van der Waals surface area contributed by atoms with Crippen molar-refractivity contribution in [3.63, 3.8) is 0 Å². The molecule has 0 atom stereocenters. The van der Waals surface area contributed by atoms with Crippen LogP contribution in [0.5, 0.6) is 0 Å². The van der Waals surface area contributed by atoms with Crippen molar-refractivity contribution in [3.8, 4) is 11.4 Å². The Morgan fingerprint density at radius 1 is 1.00 bits per heavy atom. The van der Waals surface area contributed by atoms with Crippen LogP contribution in [0.25, 0.3) is 11.4 Å². The molecule has 2 aromatic rings. The zero-order valence-electron chi connectivity index (χ0n) is 10.1. The number of aryl methyl sites for hydroxylation is 1. The summed E-state index contributed by atoms with van der Waals surface area (Å²) in [5.41, 5.74) is 2.35. The molecule has 5 heteroatoms. The first-order valence-electron chi connectivity index (χ1n) is 6.16. The van der Waals surface area contributed by atoms with E-state index in [2.05, 4.69) is 9.97 Å². The number of fused-ring (bicyclic) bond motifs is 1. The summed E-state index contributed by atoms with van der Waals surface area (Å²) in [6, 6.07) is 3.62. The first-order valence-corrected chi connectivity index (χ1v) is 6.53. The van der Waals surface area contributed by atoms with Crippen LogP contribution in [0.1, 0.15) is 24.1 Å². The molecule has 19 heavy (non-hydrogen) atoms. The van der Waals surface area contributed by atoms with Crippen molar-refractivity contribution in [2.24, 2.45) is 0 Å². The van der Waals surface area contributed by atoms with Crippen LogP contribution in [0.2, 0.25) is 5.15 Å². The van der Waals surface area contributed by atoms with Crippen LogP contribution in [0.15, 0.2) is 18.2 Å². The van der Waals surface area contributed by atoms with Crippen LogP contribution in [0.3, 0.4) is 0 Å². The molecule has 1 aliphatic carbocycles. The number of aromatic nitrogens is 2. The number of rotatable bonds is 1. The number of benzene rings is 1. The maximum Gasteiger partial charge on any atom is 0.161 e. The highest BCUT2D eigenvalue weighted by Crippen LogP contribution is 2.28. The molecule has 2 nitrogen and oxygen atoms in total. The van der Waals surface area contributed by atoms with Crippen LogP contribution in [0, 0.1) is 11.6 Å². The van der Waals surface area contributed by atoms with Gasteiger partial charge in [-0.2, -0.15) is 0 Å². The van der Waals surface area contributed by atoms with Gasteiger partial charge >= 0.3 is 0 Å². The van der Waals surface area contributed by atoms with Crippen LogP contribution in [-0.2, 0) is 12.8 Å². The Hall–Kier alpha value is -1.55. The molecule has 98 valence electrons. The largest absolute Gasteiger partial charge is 0.233 e. The summed E-state index contributed by atoms with van der Waals surface area (Å²) in [7, 11) is 0. The minimum atomic E-state index is -0.907. The smallest absolute Gasteiger partial charge is 0.161 e. The molecule has 0 fully saturated rings. The summed E-state index contributed by atoms with van der Waals surface area (Å²) >= 11 is 6.15. The molecule has 3 rings (SSSR count). The minimum absolute atomic E-state index is 0.351. The second kappa shape index (κ2) is 4.85. The van der Waals surface area contributed by atoms with Crippen molar-refractivity contribution >= 4 is 11.6 Å². The lowest BCUT2D eigenvalue weighted by molar-refractivity contribution is 0.509. The van der Waals surface area contributed by atoms with Crippen molar-refractivity contribution in [3.05, 3.63) is 46.2 Å². The van der Waals surface area contributed by atoms with Gasteiger partial charge in [0.25, 0.3) is 0 Å². The van der Waals surface area contributed by atoms with Gasteiger partial charge in [0.2, 0.25) is 0 Å². The average molecular weight is 281 g/mol. The van der Waals surface area contributed by atoms with Gasteiger partial charge in [0, 0.05) is 16.8 Å². The Labute approximate surface area is 114 Å². The average Bonchev–Trinajstić information content (AvgIpc) is 2.42. The van der Waals surface area contributed by atoms with Gasteiger partial charge in [0.05, 0.1) is 0 Å². The Morgan fingerprint density at radius 2 is 1.79 bits per heavy atom. The van der Waals surface area contributed by atoms with E-state index >= 15 is 0 Å². The molecule has 1 heterocycles. The maximum absolute atomic E-state index is 13.2. The zero-order valence-corrected chi connectivity index (χ0v) is 10.8. The Kier molecular flexibility index (Phi) is 3.19. The van der Waals surface area contributed by atoms with E-state index in [-0.39, 0.29) is 0 Å². The fourth-order valence-corrected chi connectivity index (χ4v) is 2.60. The van der Waals surface area contributed by atoms with Crippen molar-refractivity contribution in [1.82, 2.24) is 9.97 Å². The van der Waals surface area contributed by atoms with E-state index in [1.165, 1.54) is 6.07 Å². The molecular formula is C14H11ClF2N2. The van der Waals surface area contributed by atoms with Gasteiger partial charge in [-0.05, 0) is 43.9 Å². The predicted molar refractivity (Wildman–Crippen MR) is 69.0 cm³/mol. The molecule has 0 radical (unpaired) electrons. The molecule has 0 unspecified atom stereocenters. The SMILES string of the molecule is Fc1ccc(-c2nc(Cl)c3c(n2)CCCC3)cc1F.